The lowest BCUT2D eigenvalue weighted by molar-refractivity contribution is -0.185. The quantitative estimate of drug-likeness (QED) is 0.391. The highest BCUT2D eigenvalue weighted by atomic mass is 35.5. The molecule has 2 atom stereocenters. The molecule has 10 heteroatoms. The van der Waals surface area contributed by atoms with Crippen molar-refractivity contribution >= 4 is 17.6 Å². The van der Waals surface area contributed by atoms with Crippen LogP contribution in [0.5, 0.6) is 5.75 Å². The largest absolute Gasteiger partial charge is 0.467 e. The van der Waals surface area contributed by atoms with Crippen molar-refractivity contribution in [1.29, 1.82) is 0 Å². The third kappa shape index (κ3) is 6.71. The Bertz CT molecular complexity index is 1010. The second kappa shape index (κ2) is 11.2. The molecule has 0 bridgehead atoms. The summed E-state index contributed by atoms with van der Waals surface area (Å²) in [6, 6.07) is 6.00. The third-order valence-corrected chi connectivity index (χ3v) is 6.51. The molecular weight excluding hydrogens is 482 g/mol. The number of esters is 1. The highest BCUT2D eigenvalue weighted by Gasteiger charge is 2.50. The molecule has 35 heavy (non-hydrogen) atoms. The number of rotatable bonds is 9. The average molecular weight is 515 g/mol. The molecule has 1 aliphatic rings. The van der Waals surface area contributed by atoms with Crippen LogP contribution in [0.2, 0.25) is 5.02 Å². The Kier molecular flexibility index (Phi) is 8.77. The second-order valence-corrected chi connectivity index (χ2v) is 10.4. The highest BCUT2D eigenvalue weighted by Crippen LogP contribution is 2.40. The van der Waals surface area contributed by atoms with Crippen molar-refractivity contribution in [3.63, 3.8) is 0 Å². The molecular formula is C25H33ClF2N2O5. The summed E-state index contributed by atoms with van der Waals surface area (Å²) in [5, 5.41) is 4.41. The summed E-state index contributed by atoms with van der Waals surface area (Å²) in [4.78, 5) is 15.0. The Morgan fingerprint density at radius 2 is 2.09 bits per heavy atom. The van der Waals surface area contributed by atoms with Crippen LogP contribution >= 0.6 is 11.6 Å². The van der Waals surface area contributed by atoms with Crippen LogP contribution in [0.1, 0.15) is 46.3 Å². The van der Waals surface area contributed by atoms with Gasteiger partial charge in [0.15, 0.2) is 11.4 Å². The van der Waals surface area contributed by atoms with E-state index in [9.17, 15) is 13.6 Å². The minimum atomic E-state index is -2.99. The van der Waals surface area contributed by atoms with Gasteiger partial charge < -0.3 is 18.7 Å². The van der Waals surface area contributed by atoms with Gasteiger partial charge in [0.1, 0.15) is 11.4 Å². The number of aromatic nitrogens is 1. The minimum Gasteiger partial charge on any atom is -0.467 e. The topological polar surface area (TPSA) is 74.0 Å². The Balaban J connectivity index is 1.88. The standard InChI is InChI=1S/C25H33ClF2N2O5/c1-6-9-33-25(22(31)32-5)12-16(24(2,3)4)13-30(15-25)14-18-11-20(29-35-18)19-10-17(26)7-8-21(19)34-23(27)28/h7-8,10-11,16,23H,6,9,12-15H2,1-5H3/t16?,25-/m0/s1. The number of benzene rings is 1. The molecule has 0 radical (unpaired) electrons. The molecule has 3 rings (SSSR count). The number of nitrogens with zero attached hydrogens (tertiary/aromatic N) is 2. The van der Waals surface area contributed by atoms with E-state index in [1.807, 2.05) is 6.92 Å². The first-order valence-electron chi connectivity index (χ1n) is 11.6. The van der Waals surface area contributed by atoms with E-state index in [-0.39, 0.29) is 17.1 Å². The minimum absolute atomic E-state index is 0.0484. The summed E-state index contributed by atoms with van der Waals surface area (Å²) in [7, 11) is 1.37. The molecule has 0 saturated carbocycles. The normalized spacial score (nSPS) is 21.3. The fourth-order valence-electron chi connectivity index (χ4n) is 4.40. The lowest BCUT2D eigenvalue weighted by Crippen LogP contribution is -2.59. The summed E-state index contributed by atoms with van der Waals surface area (Å²) in [5.41, 5.74) is -0.546. The number of hydrogen-bond donors (Lipinski definition) is 0. The summed E-state index contributed by atoms with van der Waals surface area (Å²) >= 11 is 6.07. The second-order valence-electron chi connectivity index (χ2n) is 9.97. The molecule has 1 aliphatic heterocycles. The Labute approximate surface area is 209 Å². The van der Waals surface area contributed by atoms with Crippen molar-refractivity contribution in [2.75, 3.05) is 26.8 Å². The Morgan fingerprint density at radius 1 is 1.34 bits per heavy atom. The summed E-state index contributed by atoms with van der Waals surface area (Å²) in [6.45, 7) is 7.25. The van der Waals surface area contributed by atoms with Gasteiger partial charge in [0, 0.05) is 36.3 Å². The van der Waals surface area contributed by atoms with Gasteiger partial charge in [0.2, 0.25) is 0 Å². The number of alkyl halides is 2. The molecule has 2 aromatic rings. The lowest BCUT2D eigenvalue weighted by atomic mass is 9.71. The number of hydrogen-bond acceptors (Lipinski definition) is 7. The van der Waals surface area contributed by atoms with E-state index in [4.69, 9.17) is 25.6 Å². The zero-order valence-electron chi connectivity index (χ0n) is 20.8. The number of methoxy groups -OCH3 is 1. The van der Waals surface area contributed by atoms with Gasteiger partial charge >= 0.3 is 12.6 Å². The van der Waals surface area contributed by atoms with Crippen molar-refractivity contribution < 1.29 is 32.3 Å². The van der Waals surface area contributed by atoms with Crippen LogP contribution in [-0.2, 0) is 20.8 Å². The van der Waals surface area contributed by atoms with Crippen LogP contribution in [0.4, 0.5) is 8.78 Å². The van der Waals surface area contributed by atoms with E-state index in [1.54, 1.807) is 6.07 Å². The molecule has 0 N–H and O–H groups in total. The van der Waals surface area contributed by atoms with Crippen LogP contribution < -0.4 is 4.74 Å². The molecule has 0 aliphatic carbocycles. The zero-order chi connectivity index (χ0) is 25.8. The molecule has 1 fully saturated rings. The first-order chi connectivity index (χ1) is 16.5. The van der Waals surface area contributed by atoms with E-state index in [1.165, 1.54) is 25.3 Å². The average Bonchev–Trinajstić information content (AvgIpc) is 3.25. The molecule has 0 amide bonds. The molecule has 7 nitrogen and oxygen atoms in total. The van der Waals surface area contributed by atoms with E-state index in [0.717, 1.165) is 6.42 Å². The lowest BCUT2D eigenvalue weighted by Gasteiger charge is -2.47. The number of ether oxygens (including phenoxy) is 3. The predicted molar refractivity (Wildman–Crippen MR) is 127 cm³/mol. The van der Waals surface area contributed by atoms with Gasteiger partial charge in [-0.05, 0) is 42.4 Å². The Morgan fingerprint density at radius 3 is 2.71 bits per heavy atom. The molecule has 2 heterocycles. The molecule has 1 unspecified atom stereocenters. The van der Waals surface area contributed by atoms with E-state index < -0.39 is 18.2 Å². The van der Waals surface area contributed by atoms with Gasteiger partial charge in [-0.2, -0.15) is 8.78 Å². The van der Waals surface area contributed by atoms with Gasteiger partial charge in [-0.25, -0.2) is 4.79 Å². The van der Waals surface area contributed by atoms with Gasteiger partial charge in [0.25, 0.3) is 0 Å². The molecule has 1 aromatic carbocycles. The van der Waals surface area contributed by atoms with Crippen LogP contribution in [0.3, 0.4) is 0 Å². The summed E-state index contributed by atoms with van der Waals surface area (Å²) < 4.78 is 47.2. The van der Waals surface area contributed by atoms with Crippen LogP contribution in [0, 0.1) is 11.3 Å². The fraction of sp³-hybridized carbons (Fsp3) is 0.600. The van der Waals surface area contributed by atoms with E-state index in [2.05, 4.69) is 35.6 Å². The fourth-order valence-corrected chi connectivity index (χ4v) is 4.57. The van der Waals surface area contributed by atoms with Crippen molar-refractivity contribution in [2.24, 2.45) is 11.3 Å². The zero-order valence-corrected chi connectivity index (χ0v) is 21.5. The van der Waals surface area contributed by atoms with Gasteiger partial charge in [-0.3, -0.25) is 4.90 Å². The summed E-state index contributed by atoms with van der Waals surface area (Å²) in [5.74, 6) is 0.212. The maximum absolute atomic E-state index is 12.9. The Hall–Kier alpha value is -2.23. The summed E-state index contributed by atoms with van der Waals surface area (Å²) in [6.07, 6.45) is 1.32. The number of likely N-dealkylation sites (tertiary alicyclic amines) is 1. The molecule has 194 valence electrons. The van der Waals surface area contributed by atoms with Gasteiger partial charge in [0.05, 0.1) is 13.7 Å². The van der Waals surface area contributed by atoms with Crippen molar-refractivity contribution in [3.8, 4) is 17.0 Å². The number of piperidine rings is 1. The van der Waals surface area contributed by atoms with Crippen LogP contribution in [0.25, 0.3) is 11.3 Å². The molecule has 0 spiro atoms. The van der Waals surface area contributed by atoms with E-state index >= 15 is 0 Å². The predicted octanol–water partition coefficient (Wildman–Crippen LogP) is 5.80. The van der Waals surface area contributed by atoms with Crippen molar-refractivity contribution in [3.05, 3.63) is 35.0 Å². The monoisotopic (exact) mass is 514 g/mol. The third-order valence-electron chi connectivity index (χ3n) is 6.27. The van der Waals surface area contributed by atoms with Crippen LogP contribution in [0.15, 0.2) is 28.8 Å². The first-order valence-corrected chi connectivity index (χ1v) is 12.0. The maximum Gasteiger partial charge on any atom is 0.387 e. The number of halogens is 3. The molecule has 1 aromatic heterocycles. The van der Waals surface area contributed by atoms with Crippen LogP contribution in [-0.4, -0.2) is 55.0 Å². The van der Waals surface area contributed by atoms with E-state index in [0.29, 0.717) is 54.7 Å². The number of carbonyl (C=O) groups excluding carboxylic acids is 1. The highest BCUT2D eigenvalue weighted by molar-refractivity contribution is 6.30. The van der Waals surface area contributed by atoms with Gasteiger partial charge in [-0.1, -0.05) is 44.5 Å². The number of carbonyl (C=O) groups is 1. The van der Waals surface area contributed by atoms with Crippen molar-refractivity contribution in [1.82, 2.24) is 10.1 Å². The SMILES string of the molecule is CCCO[C@@]1(C(=O)OC)CC(C(C)(C)C)CN(Cc2cc(-c3cc(Cl)ccc3OC(F)F)no2)C1. The van der Waals surface area contributed by atoms with Gasteiger partial charge in [-0.15, -0.1) is 0 Å². The van der Waals surface area contributed by atoms with Crippen molar-refractivity contribution in [2.45, 2.75) is 59.3 Å². The molecule has 1 saturated heterocycles. The smallest absolute Gasteiger partial charge is 0.387 e. The first kappa shape index (κ1) is 27.4. The maximum atomic E-state index is 12.9.